The van der Waals surface area contributed by atoms with Gasteiger partial charge in [0.2, 0.25) is 0 Å². The van der Waals surface area contributed by atoms with Crippen molar-refractivity contribution in [2.24, 2.45) is 4.99 Å². The summed E-state index contributed by atoms with van der Waals surface area (Å²) in [7, 11) is 0. The van der Waals surface area contributed by atoms with E-state index in [1.165, 1.54) is 11.8 Å². The fraction of sp³-hybridized carbons (Fsp3) is 0.111. The van der Waals surface area contributed by atoms with Crippen molar-refractivity contribution in [1.29, 1.82) is 0 Å². The van der Waals surface area contributed by atoms with Crippen molar-refractivity contribution in [1.82, 2.24) is 0 Å². The maximum absolute atomic E-state index is 13.6. The van der Waals surface area contributed by atoms with Crippen molar-refractivity contribution in [3.8, 4) is 23.8 Å². The van der Waals surface area contributed by atoms with Gasteiger partial charge in [-0.1, -0.05) is 29.1 Å². The monoisotopic (exact) mass is 648 g/mol. The molecule has 182 valence electrons. The van der Waals surface area contributed by atoms with Crippen LogP contribution in [0.5, 0.6) is 11.5 Å². The predicted molar refractivity (Wildman–Crippen MR) is 158 cm³/mol. The van der Waals surface area contributed by atoms with E-state index in [-0.39, 0.29) is 12.5 Å². The van der Waals surface area contributed by atoms with Crippen LogP contribution in [-0.4, -0.2) is 24.3 Å². The molecule has 1 saturated heterocycles. The van der Waals surface area contributed by atoms with Crippen molar-refractivity contribution in [3.05, 3.63) is 84.7 Å². The Bertz CT molecular complexity index is 1380. The van der Waals surface area contributed by atoms with Gasteiger partial charge in [-0.2, -0.15) is 0 Å². The number of hydrogen-bond acceptors (Lipinski definition) is 5. The molecule has 0 aliphatic carbocycles. The Labute approximate surface area is 237 Å². The lowest BCUT2D eigenvalue weighted by atomic mass is 10.1. The third-order valence-corrected chi connectivity index (χ3v) is 7.15. The molecule has 0 saturated carbocycles. The van der Waals surface area contributed by atoms with Gasteiger partial charge < -0.3 is 9.47 Å². The standard InChI is InChI=1S/C27H19Cl2IN2O3S/c1-3-13-35-25-22(30)14-17(15-23(25)34-4-2)16-24-26(33)32(21-11-7-19(29)8-12-21)27(36-24)31-20-9-5-18(28)6-10-20/h1,5-12,14-16H,4,13H2,2H3/b24-16-,31-27?. The number of amides is 1. The minimum Gasteiger partial charge on any atom is -0.490 e. The van der Waals surface area contributed by atoms with E-state index in [4.69, 9.17) is 44.1 Å². The quantitative estimate of drug-likeness (QED) is 0.149. The minimum absolute atomic E-state index is 0.130. The molecule has 0 aromatic heterocycles. The molecule has 0 bridgehead atoms. The molecular weight excluding hydrogens is 630 g/mol. The number of carbonyl (C=O) groups excluding carboxylic acids is 1. The highest BCUT2D eigenvalue weighted by Gasteiger charge is 2.35. The third kappa shape index (κ3) is 6.19. The number of aliphatic imine (C=N–C) groups is 1. The number of halogens is 3. The molecule has 0 spiro atoms. The second-order valence-corrected chi connectivity index (χ2v) is 10.4. The van der Waals surface area contributed by atoms with E-state index in [0.717, 1.165) is 9.13 Å². The number of carbonyl (C=O) groups is 1. The van der Waals surface area contributed by atoms with Crippen LogP contribution in [0.2, 0.25) is 10.0 Å². The summed E-state index contributed by atoms with van der Waals surface area (Å²) in [5.74, 6) is 3.41. The first-order valence-corrected chi connectivity index (χ1v) is 13.4. The maximum atomic E-state index is 13.6. The summed E-state index contributed by atoms with van der Waals surface area (Å²) in [6, 6.07) is 17.9. The number of anilines is 1. The molecule has 9 heteroatoms. The summed E-state index contributed by atoms with van der Waals surface area (Å²) in [5.41, 5.74) is 2.13. The number of thioether (sulfide) groups is 1. The largest absolute Gasteiger partial charge is 0.490 e. The molecule has 0 unspecified atom stereocenters. The van der Waals surface area contributed by atoms with E-state index in [1.54, 1.807) is 53.4 Å². The van der Waals surface area contributed by atoms with Gasteiger partial charge in [-0.25, -0.2) is 4.99 Å². The number of benzene rings is 3. The van der Waals surface area contributed by atoms with Crippen LogP contribution in [-0.2, 0) is 4.79 Å². The number of nitrogens with zero attached hydrogens (tertiary/aromatic N) is 2. The topological polar surface area (TPSA) is 51.1 Å². The zero-order valence-electron chi connectivity index (χ0n) is 19.0. The van der Waals surface area contributed by atoms with Crippen LogP contribution in [0.1, 0.15) is 12.5 Å². The molecule has 1 heterocycles. The van der Waals surface area contributed by atoms with E-state index < -0.39 is 0 Å². The Morgan fingerprint density at radius 2 is 1.75 bits per heavy atom. The van der Waals surface area contributed by atoms with Crippen LogP contribution >= 0.6 is 57.6 Å². The van der Waals surface area contributed by atoms with Gasteiger partial charge in [0.25, 0.3) is 5.91 Å². The van der Waals surface area contributed by atoms with Gasteiger partial charge in [-0.15, -0.1) is 6.42 Å². The summed E-state index contributed by atoms with van der Waals surface area (Å²) in [6.45, 7) is 2.48. The van der Waals surface area contributed by atoms with Crippen LogP contribution < -0.4 is 14.4 Å². The Balaban J connectivity index is 1.75. The highest BCUT2D eigenvalue weighted by Crippen LogP contribution is 2.40. The van der Waals surface area contributed by atoms with E-state index in [1.807, 2.05) is 25.1 Å². The third-order valence-electron chi connectivity index (χ3n) is 4.87. The molecule has 0 atom stereocenters. The van der Waals surface area contributed by atoms with E-state index in [2.05, 4.69) is 28.5 Å². The summed E-state index contributed by atoms with van der Waals surface area (Å²) in [5, 5.41) is 1.71. The van der Waals surface area contributed by atoms with Crippen molar-refractivity contribution >= 4 is 86.1 Å². The molecule has 4 rings (SSSR count). The van der Waals surface area contributed by atoms with Crippen LogP contribution in [0.3, 0.4) is 0 Å². The van der Waals surface area contributed by atoms with Crippen molar-refractivity contribution < 1.29 is 14.3 Å². The first kappa shape index (κ1) is 26.4. The number of terminal acetylenes is 1. The van der Waals surface area contributed by atoms with Gasteiger partial charge in [-0.05, 0) is 114 Å². The summed E-state index contributed by atoms with van der Waals surface area (Å²) in [4.78, 5) is 20.4. The molecule has 5 nitrogen and oxygen atoms in total. The SMILES string of the molecule is C#CCOc1c(I)cc(/C=C2\SC(=Nc3ccc(Cl)cc3)N(c3ccc(Cl)cc3)C2=O)cc1OCC. The Morgan fingerprint density at radius 3 is 2.39 bits per heavy atom. The second kappa shape index (κ2) is 12.1. The van der Waals surface area contributed by atoms with Gasteiger partial charge >= 0.3 is 0 Å². The minimum atomic E-state index is -0.198. The number of rotatable bonds is 7. The Hall–Kier alpha value is -2.64. The maximum Gasteiger partial charge on any atom is 0.271 e. The van der Waals surface area contributed by atoms with Gasteiger partial charge in [-0.3, -0.25) is 9.69 Å². The average molecular weight is 649 g/mol. The number of amidine groups is 1. The lowest BCUT2D eigenvalue weighted by Gasteiger charge is -2.15. The fourth-order valence-corrected chi connectivity index (χ4v) is 5.37. The fourth-order valence-electron chi connectivity index (χ4n) is 3.33. The van der Waals surface area contributed by atoms with E-state index in [9.17, 15) is 4.79 Å². The molecule has 3 aromatic carbocycles. The molecule has 3 aromatic rings. The zero-order chi connectivity index (χ0) is 25.7. The summed E-state index contributed by atoms with van der Waals surface area (Å²) >= 11 is 15.5. The van der Waals surface area contributed by atoms with E-state index >= 15 is 0 Å². The van der Waals surface area contributed by atoms with Crippen molar-refractivity contribution in [2.45, 2.75) is 6.92 Å². The van der Waals surface area contributed by atoms with Crippen LogP contribution in [0.4, 0.5) is 11.4 Å². The normalized spacial score (nSPS) is 15.4. The van der Waals surface area contributed by atoms with Crippen LogP contribution in [0, 0.1) is 15.9 Å². The molecule has 1 aliphatic rings. The van der Waals surface area contributed by atoms with Crippen LogP contribution in [0.15, 0.2) is 70.6 Å². The molecule has 1 amide bonds. The molecule has 0 radical (unpaired) electrons. The lowest BCUT2D eigenvalue weighted by molar-refractivity contribution is -0.113. The molecule has 1 aliphatic heterocycles. The number of ether oxygens (including phenoxy) is 2. The lowest BCUT2D eigenvalue weighted by Crippen LogP contribution is -2.28. The Morgan fingerprint density at radius 1 is 1.08 bits per heavy atom. The average Bonchev–Trinajstić information content (AvgIpc) is 3.15. The predicted octanol–water partition coefficient (Wildman–Crippen LogP) is 7.82. The highest BCUT2D eigenvalue weighted by molar-refractivity contribution is 14.1. The molecule has 0 N–H and O–H groups in total. The van der Waals surface area contributed by atoms with Crippen molar-refractivity contribution in [3.63, 3.8) is 0 Å². The van der Waals surface area contributed by atoms with E-state index in [0.29, 0.717) is 49.6 Å². The molecular formula is C27H19Cl2IN2O3S. The number of hydrogen-bond donors (Lipinski definition) is 0. The smallest absolute Gasteiger partial charge is 0.271 e. The first-order valence-electron chi connectivity index (χ1n) is 10.8. The second-order valence-electron chi connectivity index (χ2n) is 7.35. The summed E-state index contributed by atoms with van der Waals surface area (Å²) in [6.07, 6.45) is 7.17. The molecule has 1 fully saturated rings. The summed E-state index contributed by atoms with van der Waals surface area (Å²) < 4.78 is 12.3. The highest BCUT2D eigenvalue weighted by atomic mass is 127. The first-order chi connectivity index (χ1) is 17.4. The van der Waals surface area contributed by atoms with Crippen molar-refractivity contribution in [2.75, 3.05) is 18.1 Å². The van der Waals surface area contributed by atoms with Gasteiger partial charge in [0.1, 0.15) is 6.61 Å². The Kier molecular flexibility index (Phi) is 8.86. The van der Waals surface area contributed by atoms with Gasteiger partial charge in [0.05, 0.1) is 26.5 Å². The van der Waals surface area contributed by atoms with Gasteiger partial charge in [0.15, 0.2) is 16.7 Å². The van der Waals surface area contributed by atoms with Crippen LogP contribution in [0.25, 0.3) is 6.08 Å². The van der Waals surface area contributed by atoms with Gasteiger partial charge in [0, 0.05) is 10.0 Å². The molecule has 36 heavy (non-hydrogen) atoms. The zero-order valence-corrected chi connectivity index (χ0v) is 23.5.